The van der Waals surface area contributed by atoms with Crippen LogP contribution in [0.25, 0.3) is 10.9 Å². The number of carbonyl (C=O) groups excluding carboxylic acids is 2. The van der Waals surface area contributed by atoms with E-state index >= 15 is 0 Å². The number of hydrogen-bond acceptors (Lipinski definition) is 4. The van der Waals surface area contributed by atoms with Gasteiger partial charge in [0.05, 0.1) is 12.1 Å². The van der Waals surface area contributed by atoms with Crippen molar-refractivity contribution in [3.8, 4) is 0 Å². The van der Waals surface area contributed by atoms with Crippen molar-refractivity contribution in [2.45, 2.75) is 6.42 Å². The van der Waals surface area contributed by atoms with Gasteiger partial charge in [0.1, 0.15) is 5.69 Å². The largest absolute Gasteiger partial charge is 0.361 e. The van der Waals surface area contributed by atoms with Crippen LogP contribution in [0.2, 0.25) is 0 Å². The fourth-order valence-electron chi connectivity index (χ4n) is 3.18. The average Bonchev–Trinajstić information content (AvgIpc) is 3.04. The van der Waals surface area contributed by atoms with Gasteiger partial charge in [-0.1, -0.05) is 18.2 Å². The van der Waals surface area contributed by atoms with Gasteiger partial charge in [0, 0.05) is 49.1 Å². The maximum absolute atomic E-state index is 12.2. The molecule has 1 aromatic carbocycles. The Morgan fingerprint density at radius 3 is 2.88 bits per heavy atom. The predicted molar refractivity (Wildman–Crippen MR) is 96.4 cm³/mol. The molecular formula is C19H19N5O2. The van der Waals surface area contributed by atoms with E-state index in [-0.39, 0.29) is 17.7 Å². The number of fused-ring (bicyclic) bond motifs is 1. The van der Waals surface area contributed by atoms with Gasteiger partial charge >= 0.3 is 0 Å². The topological polar surface area (TPSA) is 91.0 Å². The molecule has 1 saturated heterocycles. The molecule has 4 rings (SSSR count). The van der Waals surface area contributed by atoms with Crippen LogP contribution >= 0.6 is 0 Å². The van der Waals surface area contributed by atoms with Gasteiger partial charge < -0.3 is 15.2 Å². The van der Waals surface area contributed by atoms with Crippen molar-refractivity contribution in [1.29, 1.82) is 0 Å². The molecule has 3 aromatic rings. The molecule has 2 N–H and O–H groups in total. The number of aromatic nitrogens is 3. The molecule has 1 aliphatic rings. The molecule has 0 unspecified atom stereocenters. The monoisotopic (exact) mass is 349 g/mol. The van der Waals surface area contributed by atoms with Crippen LogP contribution in [0, 0.1) is 5.92 Å². The molecule has 26 heavy (non-hydrogen) atoms. The van der Waals surface area contributed by atoms with E-state index in [9.17, 15) is 9.59 Å². The summed E-state index contributed by atoms with van der Waals surface area (Å²) in [6, 6.07) is 8.11. The van der Waals surface area contributed by atoms with Crippen molar-refractivity contribution >= 4 is 22.7 Å². The molecule has 1 fully saturated rings. The summed E-state index contributed by atoms with van der Waals surface area (Å²) < 4.78 is 0. The standard InChI is InChI=1S/C19H19N5O2/c25-18(14-11-24(12-14)19(26)17-10-20-7-8-21-17)22-6-5-13-9-23-16-4-2-1-3-15(13)16/h1-4,7-10,14,23H,5-6,11-12H2,(H,22,25). The smallest absolute Gasteiger partial charge is 0.274 e. The van der Waals surface area contributed by atoms with Gasteiger partial charge in [0.2, 0.25) is 5.91 Å². The van der Waals surface area contributed by atoms with Crippen molar-refractivity contribution in [2.75, 3.05) is 19.6 Å². The number of para-hydroxylation sites is 1. The zero-order valence-electron chi connectivity index (χ0n) is 14.2. The number of benzene rings is 1. The number of carbonyl (C=O) groups is 2. The van der Waals surface area contributed by atoms with Gasteiger partial charge in [-0.3, -0.25) is 14.6 Å². The molecule has 7 heteroatoms. The SMILES string of the molecule is O=C(NCCc1c[nH]c2ccccc12)C1CN(C(=O)c2cnccn2)C1. The van der Waals surface area contributed by atoms with Crippen molar-refractivity contribution in [3.05, 3.63) is 60.3 Å². The number of amides is 2. The van der Waals surface area contributed by atoms with Gasteiger partial charge in [0.15, 0.2) is 0 Å². The average molecular weight is 349 g/mol. The van der Waals surface area contributed by atoms with Gasteiger partial charge in [-0.05, 0) is 18.1 Å². The third-order valence-electron chi connectivity index (χ3n) is 4.69. The maximum atomic E-state index is 12.2. The maximum Gasteiger partial charge on any atom is 0.274 e. The lowest BCUT2D eigenvalue weighted by molar-refractivity contribution is -0.128. The second-order valence-electron chi connectivity index (χ2n) is 6.40. The van der Waals surface area contributed by atoms with Gasteiger partial charge in [0.25, 0.3) is 5.91 Å². The summed E-state index contributed by atoms with van der Waals surface area (Å²) in [7, 11) is 0. The molecule has 7 nitrogen and oxygen atoms in total. The molecule has 0 saturated carbocycles. The van der Waals surface area contributed by atoms with Crippen LogP contribution in [-0.4, -0.2) is 51.3 Å². The summed E-state index contributed by atoms with van der Waals surface area (Å²) in [4.78, 5) is 37.2. The van der Waals surface area contributed by atoms with Crippen molar-refractivity contribution < 1.29 is 9.59 Å². The molecule has 3 heterocycles. The number of H-pyrrole nitrogens is 1. The number of likely N-dealkylation sites (tertiary alicyclic amines) is 1. The van der Waals surface area contributed by atoms with Crippen LogP contribution in [-0.2, 0) is 11.2 Å². The Kier molecular flexibility index (Phi) is 4.35. The molecule has 0 atom stereocenters. The summed E-state index contributed by atoms with van der Waals surface area (Å²) in [6.07, 6.45) is 7.21. The highest BCUT2D eigenvalue weighted by Gasteiger charge is 2.36. The minimum absolute atomic E-state index is 0.00645. The van der Waals surface area contributed by atoms with Gasteiger partial charge in [-0.2, -0.15) is 0 Å². The Morgan fingerprint density at radius 2 is 2.08 bits per heavy atom. The van der Waals surface area contributed by atoms with E-state index in [1.54, 1.807) is 4.90 Å². The zero-order chi connectivity index (χ0) is 17.9. The summed E-state index contributed by atoms with van der Waals surface area (Å²) in [6.45, 7) is 1.43. The van der Waals surface area contributed by atoms with E-state index in [2.05, 4.69) is 26.3 Å². The quantitative estimate of drug-likeness (QED) is 0.728. The Balaban J connectivity index is 1.25. The normalized spacial score (nSPS) is 14.2. The van der Waals surface area contributed by atoms with E-state index in [0.29, 0.717) is 25.3 Å². The van der Waals surface area contributed by atoms with Crippen molar-refractivity contribution in [1.82, 2.24) is 25.2 Å². The summed E-state index contributed by atoms with van der Waals surface area (Å²) >= 11 is 0. The van der Waals surface area contributed by atoms with Crippen LogP contribution in [0.1, 0.15) is 16.1 Å². The fraction of sp³-hybridized carbons (Fsp3) is 0.263. The minimum Gasteiger partial charge on any atom is -0.361 e. The van der Waals surface area contributed by atoms with Crippen molar-refractivity contribution in [3.63, 3.8) is 0 Å². The van der Waals surface area contributed by atoms with E-state index < -0.39 is 0 Å². The minimum atomic E-state index is -0.180. The molecule has 0 radical (unpaired) electrons. The second-order valence-corrected chi connectivity index (χ2v) is 6.40. The zero-order valence-corrected chi connectivity index (χ0v) is 14.2. The summed E-state index contributed by atoms with van der Waals surface area (Å²) in [5.74, 6) is -0.340. The second kappa shape index (κ2) is 6.95. The highest BCUT2D eigenvalue weighted by Crippen LogP contribution is 2.19. The van der Waals surface area contributed by atoms with Crippen molar-refractivity contribution in [2.24, 2.45) is 5.92 Å². The fourth-order valence-corrected chi connectivity index (χ4v) is 3.18. The lowest BCUT2D eigenvalue weighted by Crippen LogP contribution is -2.56. The lowest BCUT2D eigenvalue weighted by Gasteiger charge is -2.37. The third kappa shape index (κ3) is 3.15. The Bertz CT molecular complexity index is 931. The summed E-state index contributed by atoms with van der Waals surface area (Å²) in [5, 5.41) is 4.15. The molecule has 0 spiro atoms. The first-order valence-electron chi connectivity index (χ1n) is 8.60. The first-order valence-corrected chi connectivity index (χ1v) is 8.60. The van der Waals surface area contributed by atoms with E-state index in [1.807, 2.05) is 24.4 Å². The molecule has 2 amide bonds. The van der Waals surface area contributed by atoms with Gasteiger partial charge in [-0.25, -0.2) is 4.98 Å². The van der Waals surface area contributed by atoms with Crippen LogP contribution in [0.5, 0.6) is 0 Å². The first-order chi connectivity index (χ1) is 12.7. The molecule has 1 aliphatic heterocycles. The number of rotatable bonds is 5. The highest BCUT2D eigenvalue weighted by atomic mass is 16.2. The Morgan fingerprint density at radius 1 is 1.23 bits per heavy atom. The van der Waals surface area contributed by atoms with Crippen LogP contribution in [0.15, 0.2) is 49.1 Å². The van der Waals surface area contributed by atoms with Gasteiger partial charge in [-0.15, -0.1) is 0 Å². The van der Waals surface area contributed by atoms with E-state index in [0.717, 1.165) is 11.9 Å². The Hall–Kier alpha value is -3.22. The number of nitrogens with one attached hydrogen (secondary N) is 2. The third-order valence-corrected chi connectivity index (χ3v) is 4.69. The highest BCUT2D eigenvalue weighted by molar-refractivity contribution is 5.94. The Labute approximate surface area is 150 Å². The molecule has 132 valence electrons. The number of hydrogen-bond donors (Lipinski definition) is 2. The van der Waals surface area contributed by atoms with Crippen LogP contribution < -0.4 is 5.32 Å². The number of nitrogens with zero attached hydrogens (tertiary/aromatic N) is 3. The van der Waals surface area contributed by atoms with E-state index in [1.165, 1.54) is 29.5 Å². The van der Waals surface area contributed by atoms with E-state index in [4.69, 9.17) is 0 Å². The molecule has 2 aromatic heterocycles. The molecular weight excluding hydrogens is 330 g/mol. The predicted octanol–water partition coefficient (Wildman–Crippen LogP) is 1.39. The number of aromatic amines is 1. The van der Waals surface area contributed by atoms with Crippen LogP contribution in [0.3, 0.4) is 0 Å². The first kappa shape index (κ1) is 16.3. The summed E-state index contributed by atoms with van der Waals surface area (Å²) in [5.41, 5.74) is 2.60. The van der Waals surface area contributed by atoms with Crippen LogP contribution in [0.4, 0.5) is 0 Å². The molecule has 0 aliphatic carbocycles. The molecule has 0 bridgehead atoms. The lowest BCUT2D eigenvalue weighted by atomic mass is 9.98.